The Morgan fingerprint density at radius 3 is 2.35 bits per heavy atom. The number of hydrogen-bond acceptors (Lipinski definition) is 4. The molecule has 3 aliphatic rings. The van der Waals surface area contributed by atoms with Gasteiger partial charge in [0.2, 0.25) is 5.91 Å². The van der Waals surface area contributed by atoms with Crippen LogP contribution in [0.2, 0.25) is 0 Å². The molecule has 1 aliphatic carbocycles. The van der Waals surface area contributed by atoms with Gasteiger partial charge in [0, 0.05) is 32.0 Å². The number of carbonyl (C=O) groups excluding carboxylic acids is 3. The molecule has 4 rings (SSSR count). The third-order valence-electron chi connectivity index (χ3n) is 7.79. The van der Waals surface area contributed by atoms with Crippen LogP contribution < -0.4 is 5.32 Å². The van der Waals surface area contributed by atoms with Crippen LogP contribution in [0.1, 0.15) is 50.5 Å². The predicted octanol–water partition coefficient (Wildman–Crippen LogP) is 3.04. The van der Waals surface area contributed by atoms with Gasteiger partial charge in [0.1, 0.15) is 11.4 Å². The molecular weight excluding hydrogens is 435 g/mol. The van der Waals surface area contributed by atoms with Gasteiger partial charge in [-0.3, -0.25) is 14.5 Å². The zero-order chi connectivity index (χ0) is 24.3. The molecule has 1 atom stereocenters. The SMILES string of the molecule is CN(C)CCCN1C(=O)N[C@@](Cc2ccc(F)cc2)(C2CCN(C(=O)C3CCCC3)CC2)C1=O. The Labute approximate surface area is 201 Å². The highest BCUT2D eigenvalue weighted by atomic mass is 19.1. The second kappa shape index (κ2) is 10.4. The molecule has 2 aliphatic heterocycles. The fourth-order valence-corrected chi connectivity index (χ4v) is 5.88. The second-order valence-electron chi connectivity index (χ2n) is 10.4. The van der Waals surface area contributed by atoms with Crippen LogP contribution in [0.5, 0.6) is 0 Å². The first-order chi connectivity index (χ1) is 16.3. The lowest BCUT2D eigenvalue weighted by molar-refractivity contribution is -0.138. The highest BCUT2D eigenvalue weighted by molar-refractivity contribution is 6.07. The van der Waals surface area contributed by atoms with E-state index in [0.29, 0.717) is 45.3 Å². The van der Waals surface area contributed by atoms with E-state index in [1.165, 1.54) is 17.0 Å². The molecule has 1 aromatic rings. The maximum Gasteiger partial charge on any atom is 0.325 e. The highest BCUT2D eigenvalue weighted by Crippen LogP contribution is 2.37. The fraction of sp³-hybridized carbons (Fsp3) is 0.654. The molecule has 1 aromatic carbocycles. The number of benzene rings is 1. The quantitative estimate of drug-likeness (QED) is 0.591. The molecule has 1 saturated carbocycles. The minimum Gasteiger partial charge on any atom is -0.342 e. The fourth-order valence-electron chi connectivity index (χ4n) is 5.88. The summed E-state index contributed by atoms with van der Waals surface area (Å²) in [5.41, 5.74) is -0.246. The van der Waals surface area contributed by atoms with Gasteiger partial charge in [0.05, 0.1) is 0 Å². The summed E-state index contributed by atoms with van der Waals surface area (Å²) in [4.78, 5) is 45.0. The zero-order valence-electron chi connectivity index (χ0n) is 20.4. The van der Waals surface area contributed by atoms with Gasteiger partial charge in [0.25, 0.3) is 5.91 Å². The number of rotatable bonds is 8. The smallest absolute Gasteiger partial charge is 0.325 e. The number of nitrogens with zero attached hydrogens (tertiary/aromatic N) is 3. The minimum atomic E-state index is -1.06. The van der Waals surface area contributed by atoms with Crippen LogP contribution in [-0.2, 0) is 16.0 Å². The molecule has 0 aromatic heterocycles. The van der Waals surface area contributed by atoms with E-state index >= 15 is 0 Å². The number of amides is 4. The van der Waals surface area contributed by atoms with E-state index in [-0.39, 0.29) is 35.5 Å². The van der Waals surface area contributed by atoms with E-state index in [4.69, 9.17) is 0 Å². The molecule has 8 heteroatoms. The van der Waals surface area contributed by atoms with E-state index < -0.39 is 5.54 Å². The van der Waals surface area contributed by atoms with Gasteiger partial charge >= 0.3 is 6.03 Å². The van der Waals surface area contributed by atoms with Crippen LogP contribution >= 0.6 is 0 Å². The van der Waals surface area contributed by atoms with Crippen molar-refractivity contribution in [3.8, 4) is 0 Å². The van der Waals surface area contributed by atoms with Crippen LogP contribution in [0, 0.1) is 17.7 Å². The number of nitrogens with one attached hydrogen (secondary N) is 1. The van der Waals surface area contributed by atoms with Gasteiger partial charge in [-0.2, -0.15) is 0 Å². The topological polar surface area (TPSA) is 73.0 Å². The Hall–Kier alpha value is -2.48. The van der Waals surface area contributed by atoms with Crippen molar-refractivity contribution in [1.29, 1.82) is 0 Å². The van der Waals surface area contributed by atoms with Crippen molar-refractivity contribution in [2.45, 2.75) is 56.9 Å². The molecule has 0 unspecified atom stereocenters. The third-order valence-corrected chi connectivity index (χ3v) is 7.79. The molecule has 0 radical (unpaired) electrons. The van der Waals surface area contributed by atoms with Crippen molar-refractivity contribution in [2.24, 2.45) is 11.8 Å². The van der Waals surface area contributed by atoms with Crippen LogP contribution in [0.4, 0.5) is 9.18 Å². The van der Waals surface area contributed by atoms with Crippen molar-refractivity contribution in [1.82, 2.24) is 20.0 Å². The van der Waals surface area contributed by atoms with E-state index in [9.17, 15) is 18.8 Å². The lowest BCUT2D eigenvalue weighted by atomic mass is 9.73. The number of urea groups is 1. The van der Waals surface area contributed by atoms with Crippen LogP contribution in [-0.4, -0.2) is 78.4 Å². The van der Waals surface area contributed by atoms with Crippen molar-refractivity contribution in [2.75, 3.05) is 40.3 Å². The van der Waals surface area contributed by atoms with Gasteiger partial charge in [-0.15, -0.1) is 0 Å². The molecule has 7 nitrogen and oxygen atoms in total. The normalized spacial score (nSPS) is 24.4. The molecule has 1 N–H and O–H groups in total. The molecule has 2 saturated heterocycles. The summed E-state index contributed by atoms with van der Waals surface area (Å²) in [7, 11) is 3.93. The zero-order valence-corrected chi connectivity index (χ0v) is 20.4. The first-order valence-electron chi connectivity index (χ1n) is 12.6. The Morgan fingerprint density at radius 1 is 1.09 bits per heavy atom. The Bertz CT molecular complexity index is 892. The van der Waals surface area contributed by atoms with Crippen LogP contribution in [0.15, 0.2) is 24.3 Å². The molecule has 2 heterocycles. The third kappa shape index (κ3) is 5.11. The summed E-state index contributed by atoms with van der Waals surface area (Å²) < 4.78 is 13.5. The number of halogens is 1. The maximum absolute atomic E-state index is 13.8. The van der Waals surface area contributed by atoms with E-state index in [2.05, 4.69) is 5.32 Å². The predicted molar refractivity (Wildman–Crippen MR) is 128 cm³/mol. The Morgan fingerprint density at radius 2 is 1.74 bits per heavy atom. The molecule has 3 fully saturated rings. The lowest BCUT2D eigenvalue weighted by Gasteiger charge is -2.41. The summed E-state index contributed by atoms with van der Waals surface area (Å²) in [5.74, 6) is -0.217. The second-order valence-corrected chi connectivity index (χ2v) is 10.4. The average Bonchev–Trinajstić information content (AvgIpc) is 3.44. The molecule has 186 valence electrons. The molecule has 0 spiro atoms. The van der Waals surface area contributed by atoms with E-state index in [1.807, 2.05) is 23.9 Å². The number of imide groups is 1. The van der Waals surface area contributed by atoms with Crippen molar-refractivity contribution in [3.05, 3.63) is 35.6 Å². The largest absolute Gasteiger partial charge is 0.342 e. The van der Waals surface area contributed by atoms with Crippen LogP contribution in [0.3, 0.4) is 0 Å². The Balaban J connectivity index is 1.51. The van der Waals surface area contributed by atoms with Crippen molar-refractivity contribution >= 4 is 17.8 Å². The first-order valence-corrected chi connectivity index (χ1v) is 12.6. The summed E-state index contributed by atoms with van der Waals surface area (Å²) in [6.07, 6.45) is 6.55. The van der Waals surface area contributed by atoms with Gasteiger partial charge in [0.15, 0.2) is 0 Å². The standard InChI is InChI=1S/C26H37FN4O3/c1-29(2)14-5-15-31-24(33)26(28-25(31)34,18-19-8-10-22(27)11-9-19)21-12-16-30(17-13-21)23(32)20-6-3-4-7-20/h8-11,20-21H,3-7,12-18H2,1-2H3,(H,28,34)/t26-/m0/s1. The van der Waals surface area contributed by atoms with Gasteiger partial charge in [-0.25, -0.2) is 9.18 Å². The van der Waals surface area contributed by atoms with E-state index in [1.54, 1.807) is 12.1 Å². The van der Waals surface area contributed by atoms with Gasteiger partial charge in [-0.1, -0.05) is 25.0 Å². The molecule has 0 bridgehead atoms. The number of hydrogen-bond donors (Lipinski definition) is 1. The monoisotopic (exact) mass is 472 g/mol. The summed E-state index contributed by atoms with van der Waals surface area (Å²) in [6, 6.07) is 5.80. The van der Waals surface area contributed by atoms with Crippen LogP contribution in [0.25, 0.3) is 0 Å². The number of likely N-dealkylation sites (tertiary alicyclic amines) is 1. The Kier molecular flexibility index (Phi) is 7.55. The summed E-state index contributed by atoms with van der Waals surface area (Å²) >= 11 is 0. The van der Waals surface area contributed by atoms with Gasteiger partial charge in [-0.05, 0) is 76.4 Å². The minimum absolute atomic E-state index is 0.0829. The lowest BCUT2D eigenvalue weighted by Crippen LogP contribution is -2.58. The average molecular weight is 473 g/mol. The molecule has 4 amide bonds. The maximum atomic E-state index is 13.8. The van der Waals surface area contributed by atoms with Crippen molar-refractivity contribution < 1.29 is 18.8 Å². The number of carbonyl (C=O) groups is 3. The summed E-state index contributed by atoms with van der Waals surface area (Å²) in [5, 5.41) is 3.06. The number of piperidine rings is 1. The van der Waals surface area contributed by atoms with Crippen molar-refractivity contribution in [3.63, 3.8) is 0 Å². The highest BCUT2D eigenvalue weighted by Gasteiger charge is 2.56. The van der Waals surface area contributed by atoms with E-state index in [0.717, 1.165) is 37.8 Å². The first kappa shape index (κ1) is 24.6. The summed E-state index contributed by atoms with van der Waals surface area (Å²) in [6.45, 7) is 2.36. The molecule has 34 heavy (non-hydrogen) atoms. The van der Waals surface area contributed by atoms with Gasteiger partial charge < -0.3 is 15.1 Å². The molecular formula is C26H37FN4O3.